The van der Waals surface area contributed by atoms with Gasteiger partial charge in [-0.15, -0.1) is 0 Å². The van der Waals surface area contributed by atoms with Crippen LogP contribution in [0.4, 0.5) is 4.39 Å². The highest BCUT2D eigenvalue weighted by atomic mass is 19.1. The van der Waals surface area contributed by atoms with Crippen molar-refractivity contribution in [2.24, 2.45) is 5.73 Å². The van der Waals surface area contributed by atoms with E-state index in [4.69, 9.17) is 5.73 Å². The van der Waals surface area contributed by atoms with E-state index in [1.807, 2.05) is 0 Å². The van der Waals surface area contributed by atoms with Crippen molar-refractivity contribution in [2.45, 2.75) is 19.0 Å². The van der Waals surface area contributed by atoms with Crippen molar-refractivity contribution in [2.75, 3.05) is 19.8 Å². The molecular formula is C6H13FN2. The summed E-state index contributed by atoms with van der Waals surface area (Å²) in [5.74, 6) is 0. The normalized spacial score (nSPS) is 24.7. The molecule has 0 aromatic carbocycles. The molecule has 0 amide bonds. The van der Waals surface area contributed by atoms with Crippen LogP contribution in [0.15, 0.2) is 0 Å². The first-order valence-corrected chi connectivity index (χ1v) is 3.39. The summed E-state index contributed by atoms with van der Waals surface area (Å²) < 4.78 is 12.4. The zero-order chi connectivity index (χ0) is 6.69. The number of piperidine rings is 1. The quantitative estimate of drug-likeness (QED) is 0.557. The number of nitrogens with two attached hydrogens (primary N) is 1. The fourth-order valence-electron chi connectivity index (χ4n) is 1.08. The third-order valence-electron chi connectivity index (χ3n) is 1.78. The van der Waals surface area contributed by atoms with E-state index in [2.05, 4.69) is 4.90 Å². The Kier molecular flexibility index (Phi) is 2.42. The largest absolute Gasteiger partial charge is 0.318 e. The monoisotopic (exact) mass is 132 g/mol. The first-order chi connectivity index (χ1) is 4.33. The maximum absolute atomic E-state index is 12.4. The Bertz CT molecular complexity index is 79.1. The van der Waals surface area contributed by atoms with Crippen molar-refractivity contribution in [3.8, 4) is 0 Å². The summed E-state index contributed by atoms with van der Waals surface area (Å²) in [7, 11) is 0. The minimum Gasteiger partial charge on any atom is -0.318 e. The molecule has 1 heterocycles. The topological polar surface area (TPSA) is 29.3 Å². The predicted octanol–water partition coefficient (Wildman–Crippen LogP) is 0.336. The summed E-state index contributed by atoms with van der Waals surface area (Å²) in [5, 5.41) is 0. The first-order valence-electron chi connectivity index (χ1n) is 3.39. The van der Waals surface area contributed by atoms with E-state index in [0.717, 1.165) is 13.1 Å². The van der Waals surface area contributed by atoms with Gasteiger partial charge in [-0.2, -0.15) is 0 Å². The molecule has 9 heavy (non-hydrogen) atoms. The molecule has 0 aromatic heterocycles. The standard InChI is InChI=1S/C6H13FN2/c7-6-1-3-9(5-8)4-2-6/h6H,1-5,8H2. The van der Waals surface area contributed by atoms with Gasteiger partial charge in [-0.05, 0) is 12.8 Å². The smallest absolute Gasteiger partial charge is 0.103 e. The molecule has 3 heteroatoms. The molecule has 1 aliphatic rings. The third-order valence-corrected chi connectivity index (χ3v) is 1.78. The Morgan fingerprint density at radius 2 is 2.00 bits per heavy atom. The van der Waals surface area contributed by atoms with Crippen LogP contribution in [-0.4, -0.2) is 30.8 Å². The highest BCUT2D eigenvalue weighted by Crippen LogP contribution is 2.11. The molecule has 0 aromatic rings. The zero-order valence-electron chi connectivity index (χ0n) is 5.52. The van der Waals surface area contributed by atoms with E-state index >= 15 is 0 Å². The lowest BCUT2D eigenvalue weighted by Crippen LogP contribution is -2.38. The van der Waals surface area contributed by atoms with E-state index in [9.17, 15) is 4.39 Å². The van der Waals surface area contributed by atoms with E-state index in [0.29, 0.717) is 19.5 Å². The molecule has 0 saturated carbocycles. The van der Waals surface area contributed by atoms with Crippen molar-refractivity contribution < 1.29 is 4.39 Å². The van der Waals surface area contributed by atoms with Gasteiger partial charge in [0, 0.05) is 19.8 Å². The lowest BCUT2D eigenvalue weighted by molar-refractivity contribution is 0.154. The Labute approximate surface area is 54.8 Å². The Balaban J connectivity index is 2.18. The van der Waals surface area contributed by atoms with Crippen LogP contribution < -0.4 is 5.73 Å². The Morgan fingerprint density at radius 3 is 2.44 bits per heavy atom. The number of likely N-dealkylation sites (tertiary alicyclic amines) is 1. The molecule has 2 nitrogen and oxygen atoms in total. The summed E-state index contributed by atoms with van der Waals surface area (Å²) in [6.07, 6.45) is 0.752. The molecule has 0 atom stereocenters. The van der Waals surface area contributed by atoms with Gasteiger partial charge in [0.05, 0.1) is 0 Å². The molecule has 1 aliphatic heterocycles. The van der Waals surface area contributed by atoms with Gasteiger partial charge in [0.25, 0.3) is 0 Å². The molecule has 1 rings (SSSR count). The van der Waals surface area contributed by atoms with Crippen LogP contribution in [-0.2, 0) is 0 Å². The lowest BCUT2D eigenvalue weighted by Gasteiger charge is -2.26. The van der Waals surface area contributed by atoms with Crippen LogP contribution in [0.1, 0.15) is 12.8 Å². The summed E-state index contributed by atoms with van der Waals surface area (Å²) >= 11 is 0. The molecule has 2 N–H and O–H groups in total. The average molecular weight is 132 g/mol. The number of alkyl halides is 1. The van der Waals surface area contributed by atoms with E-state index in [1.54, 1.807) is 0 Å². The number of hydrogen-bond acceptors (Lipinski definition) is 2. The molecule has 1 saturated heterocycles. The first kappa shape index (κ1) is 6.96. The van der Waals surface area contributed by atoms with E-state index in [1.165, 1.54) is 0 Å². The van der Waals surface area contributed by atoms with Crippen LogP contribution in [0, 0.1) is 0 Å². The number of nitrogens with zero attached hydrogens (tertiary/aromatic N) is 1. The molecule has 0 radical (unpaired) electrons. The van der Waals surface area contributed by atoms with Gasteiger partial charge in [-0.3, -0.25) is 4.90 Å². The van der Waals surface area contributed by atoms with Crippen LogP contribution in [0.3, 0.4) is 0 Å². The Hall–Kier alpha value is -0.150. The van der Waals surface area contributed by atoms with Gasteiger partial charge in [-0.1, -0.05) is 0 Å². The van der Waals surface area contributed by atoms with Gasteiger partial charge in [-0.25, -0.2) is 4.39 Å². The van der Waals surface area contributed by atoms with Gasteiger partial charge in [0.2, 0.25) is 0 Å². The van der Waals surface area contributed by atoms with Crippen molar-refractivity contribution in [1.29, 1.82) is 0 Å². The van der Waals surface area contributed by atoms with Gasteiger partial charge >= 0.3 is 0 Å². The average Bonchev–Trinajstić information content (AvgIpc) is 1.90. The molecule has 0 unspecified atom stereocenters. The van der Waals surface area contributed by atoms with Gasteiger partial charge in [0.15, 0.2) is 0 Å². The second-order valence-corrected chi connectivity index (χ2v) is 2.48. The number of halogens is 1. The summed E-state index contributed by atoms with van der Waals surface area (Å²) in [4.78, 5) is 2.07. The minimum absolute atomic E-state index is 0.576. The van der Waals surface area contributed by atoms with Gasteiger partial charge in [0.1, 0.15) is 6.17 Å². The van der Waals surface area contributed by atoms with Crippen LogP contribution >= 0.6 is 0 Å². The highest BCUT2D eigenvalue weighted by Gasteiger charge is 2.16. The third kappa shape index (κ3) is 1.91. The fourth-order valence-corrected chi connectivity index (χ4v) is 1.08. The number of hydrogen-bond donors (Lipinski definition) is 1. The molecular weight excluding hydrogens is 119 g/mol. The molecule has 1 fully saturated rings. The molecule has 54 valence electrons. The summed E-state index contributed by atoms with van der Waals surface area (Å²) in [6, 6.07) is 0. The van der Waals surface area contributed by atoms with Crippen LogP contribution in [0.25, 0.3) is 0 Å². The lowest BCUT2D eigenvalue weighted by atomic mass is 10.1. The minimum atomic E-state index is -0.576. The van der Waals surface area contributed by atoms with E-state index < -0.39 is 6.17 Å². The second kappa shape index (κ2) is 3.13. The van der Waals surface area contributed by atoms with Gasteiger partial charge < -0.3 is 5.73 Å². The maximum atomic E-state index is 12.4. The van der Waals surface area contributed by atoms with Crippen molar-refractivity contribution in [3.63, 3.8) is 0 Å². The highest BCUT2D eigenvalue weighted by molar-refractivity contribution is 4.69. The number of rotatable bonds is 1. The molecule has 0 aliphatic carbocycles. The van der Waals surface area contributed by atoms with Crippen LogP contribution in [0.2, 0.25) is 0 Å². The second-order valence-electron chi connectivity index (χ2n) is 2.48. The molecule has 0 spiro atoms. The zero-order valence-corrected chi connectivity index (χ0v) is 5.52. The van der Waals surface area contributed by atoms with E-state index in [-0.39, 0.29) is 0 Å². The maximum Gasteiger partial charge on any atom is 0.103 e. The van der Waals surface area contributed by atoms with Crippen molar-refractivity contribution in [1.82, 2.24) is 4.90 Å². The molecule has 0 bridgehead atoms. The summed E-state index contributed by atoms with van der Waals surface area (Å²) in [6.45, 7) is 2.24. The van der Waals surface area contributed by atoms with Crippen LogP contribution in [0.5, 0.6) is 0 Å². The fraction of sp³-hybridized carbons (Fsp3) is 1.00. The van der Waals surface area contributed by atoms with Crippen molar-refractivity contribution >= 4 is 0 Å². The SMILES string of the molecule is NCN1CCC(F)CC1. The predicted molar refractivity (Wildman–Crippen MR) is 34.8 cm³/mol. The van der Waals surface area contributed by atoms with Crippen molar-refractivity contribution in [3.05, 3.63) is 0 Å². The summed E-state index contributed by atoms with van der Waals surface area (Å²) in [5.41, 5.74) is 5.35. The Morgan fingerprint density at radius 1 is 1.44 bits per heavy atom.